The van der Waals surface area contributed by atoms with E-state index in [1.165, 1.54) is 33.4 Å². The van der Waals surface area contributed by atoms with Crippen molar-refractivity contribution in [3.8, 4) is 11.1 Å². The third kappa shape index (κ3) is 6.44. The fourth-order valence-electron chi connectivity index (χ4n) is 4.62. The van der Waals surface area contributed by atoms with Gasteiger partial charge in [-0.05, 0) is 83.5 Å². The van der Waals surface area contributed by atoms with Gasteiger partial charge in [0.15, 0.2) is 0 Å². The molecule has 1 atom stereocenters. The number of carbonyl (C=O) groups excluding carboxylic acids is 1. The Morgan fingerprint density at radius 3 is 2.18 bits per heavy atom. The van der Waals surface area contributed by atoms with Crippen LogP contribution in [0.5, 0.6) is 0 Å². The van der Waals surface area contributed by atoms with Crippen LogP contribution < -0.4 is 5.32 Å². The van der Waals surface area contributed by atoms with Gasteiger partial charge in [-0.2, -0.15) is 0 Å². The van der Waals surface area contributed by atoms with Crippen LogP contribution in [0.25, 0.3) is 16.7 Å². The van der Waals surface area contributed by atoms with Crippen LogP contribution in [0.2, 0.25) is 0 Å². The van der Waals surface area contributed by atoms with Gasteiger partial charge in [-0.1, -0.05) is 87.0 Å². The molecule has 1 unspecified atom stereocenters. The van der Waals surface area contributed by atoms with E-state index in [0.717, 1.165) is 36.8 Å². The van der Waals surface area contributed by atoms with Crippen molar-refractivity contribution in [1.29, 1.82) is 0 Å². The lowest BCUT2D eigenvalue weighted by Gasteiger charge is -2.16. The van der Waals surface area contributed by atoms with Crippen molar-refractivity contribution in [3.63, 3.8) is 0 Å². The molecule has 3 rings (SSSR count). The minimum absolute atomic E-state index is 0.0409. The van der Waals surface area contributed by atoms with Crippen LogP contribution >= 0.6 is 0 Å². The number of hydrogen-bond donors (Lipinski definition) is 1. The normalized spacial score (nSPS) is 12.5. The maximum atomic E-state index is 12.0. The summed E-state index contributed by atoms with van der Waals surface area (Å²) < 4.78 is 0. The highest BCUT2D eigenvalue weighted by molar-refractivity contribution is 5.95. The topological polar surface area (TPSA) is 29.1 Å². The van der Waals surface area contributed by atoms with E-state index in [1.807, 2.05) is 0 Å². The number of nitrogens with one attached hydrogen (secondary N) is 1. The first kappa shape index (κ1) is 24.5. The SMILES string of the molecule is CCCC(C)/C(=C\C(=O)NC)c1ccc(CCc2cccc(-c3c(C)cccc3C)c2)cc1. The average Bonchev–Trinajstić information content (AvgIpc) is 2.82. The Balaban J connectivity index is 1.74. The second-order valence-electron chi connectivity index (χ2n) is 9.07. The van der Waals surface area contributed by atoms with Crippen LogP contribution in [-0.4, -0.2) is 13.0 Å². The lowest BCUT2D eigenvalue weighted by atomic mass is 9.89. The number of aryl methyl sites for hydroxylation is 4. The van der Waals surface area contributed by atoms with Gasteiger partial charge in [0.2, 0.25) is 5.91 Å². The Hall–Kier alpha value is -3.13. The van der Waals surface area contributed by atoms with Crippen molar-refractivity contribution in [2.45, 2.75) is 53.4 Å². The molecule has 0 spiro atoms. The van der Waals surface area contributed by atoms with Crippen LogP contribution in [0.4, 0.5) is 0 Å². The summed E-state index contributed by atoms with van der Waals surface area (Å²) in [5.41, 5.74) is 10.2. The van der Waals surface area contributed by atoms with Gasteiger partial charge < -0.3 is 5.32 Å². The van der Waals surface area contributed by atoms with Crippen LogP contribution in [0.15, 0.2) is 72.8 Å². The first-order valence-corrected chi connectivity index (χ1v) is 12.1. The molecule has 0 aliphatic heterocycles. The first-order chi connectivity index (χ1) is 15.9. The Bertz CT molecular complexity index is 1090. The molecule has 1 amide bonds. The van der Waals surface area contributed by atoms with E-state index < -0.39 is 0 Å². The summed E-state index contributed by atoms with van der Waals surface area (Å²) in [6, 6.07) is 24.2. The van der Waals surface area contributed by atoms with E-state index in [2.05, 4.69) is 99.7 Å². The van der Waals surface area contributed by atoms with Gasteiger partial charge in [0.1, 0.15) is 0 Å². The Kier molecular flexibility index (Phi) is 8.65. The number of allylic oxidation sites excluding steroid dienone is 1. The molecule has 3 aromatic carbocycles. The zero-order valence-electron chi connectivity index (χ0n) is 20.7. The van der Waals surface area contributed by atoms with Crippen LogP contribution in [0, 0.1) is 19.8 Å². The van der Waals surface area contributed by atoms with Gasteiger partial charge in [-0.25, -0.2) is 0 Å². The highest BCUT2D eigenvalue weighted by Crippen LogP contribution is 2.29. The molecule has 0 aliphatic carbocycles. The van der Waals surface area contributed by atoms with Crippen LogP contribution in [0.1, 0.15) is 54.5 Å². The molecule has 0 aromatic heterocycles. The fraction of sp³-hybridized carbons (Fsp3) is 0.323. The molecule has 172 valence electrons. The molecule has 33 heavy (non-hydrogen) atoms. The molecular formula is C31H37NO. The molecule has 0 saturated heterocycles. The highest BCUT2D eigenvalue weighted by atomic mass is 16.1. The number of hydrogen-bond acceptors (Lipinski definition) is 1. The van der Waals surface area contributed by atoms with Gasteiger partial charge in [-0.15, -0.1) is 0 Å². The summed E-state index contributed by atoms with van der Waals surface area (Å²) >= 11 is 0. The van der Waals surface area contributed by atoms with Crippen molar-refractivity contribution < 1.29 is 4.79 Å². The van der Waals surface area contributed by atoms with Gasteiger partial charge >= 0.3 is 0 Å². The molecule has 0 radical (unpaired) electrons. The predicted octanol–water partition coefficient (Wildman–Crippen LogP) is 7.32. The second-order valence-corrected chi connectivity index (χ2v) is 9.07. The predicted molar refractivity (Wildman–Crippen MR) is 141 cm³/mol. The van der Waals surface area contributed by atoms with Crippen molar-refractivity contribution in [2.75, 3.05) is 7.05 Å². The number of rotatable bonds is 9. The van der Waals surface area contributed by atoms with Crippen molar-refractivity contribution in [3.05, 3.63) is 101 Å². The van der Waals surface area contributed by atoms with Gasteiger partial charge in [-0.3, -0.25) is 4.79 Å². The molecule has 0 aliphatic rings. The minimum Gasteiger partial charge on any atom is -0.356 e. The van der Waals surface area contributed by atoms with E-state index in [1.54, 1.807) is 13.1 Å². The zero-order valence-corrected chi connectivity index (χ0v) is 20.7. The standard InChI is InChI=1S/C31H37NO/c1-6-9-22(2)29(21-30(33)32-5)27-18-16-25(17-19-27)14-15-26-12-8-13-28(20-26)31-23(3)10-7-11-24(31)4/h7-8,10-13,16-22H,6,9,14-15H2,1-5H3,(H,32,33)/b29-21+. The third-order valence-corrected chi connectivity index (χ3v) is 6.47. The molecule has 1 N–H and O–H groups in total. The first-order valence-electron chi connectivity index (χ1n) is 12.1. The Morgan fingerprint density at radius 1 is 0.909 bits per heavy atom. The summed E-state index contributed by atoms with van der Waals surface area (Å²) in [6.45, 7) is 8.76. The lowest BCUT2D eigenvalue weighted by Crippen LogP contribution is -2.16. The maximum absolute atomic E-state index is 12.0. The molecule has 2 heteroatoms. The monoisotopic (exact) mass is 439 g/mol. The summed E-state index contributed by atoms with van der Waals surface area (Å²) in [7, 11) is 1.68. The summed E-state index contributed by atoms with van der Waals surface area (Å²) in [4.78, 5) is 12.0. The third-order valence-electron chi connectivity index (χ3n) is 6.47. The average molecular weight is 440 g/mol. The summed E-state index contributed by atoms with van der Waals surface area (Å²) in [6.07, 6.45) is 5.93. The van der Waals surface area contributed by atoms with Crippen molar-refractivity contribution in [2.24, 2.45) is 5.92 Å². The van der Waals surface area contributed by atoms with Gasteiger partial charge in [0.25, 0.3) is 0 Å². The highest BCUT2D eigenvalue weighted by Gasteiger charge is 2.12. The van der Waals surface area contributed by atoms with E-state index in [9.17, 15) is 4.79 Å². The van der Waals surface area contributed by atoms with Crippen molar-refractivity contribution in [1.82, 2.24) is 5.32 Å². The molecule has 0 fully saturated rings. The molecule has 0 heterocycles. The van der Waals surface area contributed by atoms with Crippen LogP contribution in [0.3, 0.4) is 0 Å². The molecule has 2 nitrogen and oxygen atoms in total. The Labute approximate surface area is 199 Å². The quantitative estimate of drug-likeness (QED) is 0.348. The maximum Gasteiger partial charge on any atom is 0.244 e. The number of amides is 1. The molecule has 3 aromatic rings. The summed E-state index contributed by atoms with van der Waals surface area (Å²) in [5.74, 6) is 0.312. The number of carbonyl (C=O) groups is 1. The van der Waals surface area contributed by atoms with Gasteiger partial charge in [0.05, 0.1) is 0 Å². The Morgan fingerprint density at radius 2 is 1.55 bits per heavy atom. The molecule has 0 bridgehead atoms. The van der Waals surface area contributed by atoms with Crippen LogP contribution in [-0.2, 0) is 17.6 Å². The van der Waals surface area contributed by atoms with E-state index in [4.69, 9.17) is 0 Å². The summed E-state index contributed by atoms with van der Waals surface area (Å²) in [5, 5.41) is 2.72. The fourth-order valence-corrected chi connectivity index (χ4v) is 4.62. The molecule has 0 saturated carbocycles. The zero-order chi connectivity index (χ0) is 23.8. The van der Waals surface area contributed by atoms with E-state index in [-0.39, 0.29) is 5.91 Å². The lowest BCUT2D eigenvalue weighted by molar-refractivity contribution is -0.116. The van der Waals surface area contributed by atoms with Crippen molar-refractivity contribution >= 4 is 11.5 Å². The smallest absolute Gasteiger partial charge is 0.244 e. The molecular weight excluding hydrogens is 402 g/mol. The van der Waals surface area contributed by atoms with Gasteiger partial charge in [0, 0.05) is 13.1 Å². The number of likely N-dealkylation sites (N-methyl/N-ethyl adjacent to an activating group) is 1. The second kappa shape index (κ2) is 11.7. The van der Waals surface area contributed by atoms with E-state index >= 15 is 0 Å². The van der Waals surface area contributed by atoms with E-state index in [0.29, 0.717) is 5.92 Å². The largest absolute Gasteiger partial charge is 0.356 e. The number of benzene rings is 3. The minimum atomic E-state index is -0.0409.